The van der Waals surface area contributed by atoms with Crippen LogP contribution < -0.4 is 11.1 Å². The van der Waals surface area contributed by atoms with Crippen molar-refractivity contribution < 1.29 is 14.3 Å². The second-order valence-electron chi connectivity index (χ2n) is 4.30. The molecule has 1 atom stereocenters. The molecule has 16 heavy (non-hydrogen) atoms. The van der Waals surface area contributed by atoms with Crippen molar-refractivity contribution in [1.82, 2.24) is 5.32 Å². The van der Waals surface area contributed by atoms with E-state index in [1.54, 1.807) is 6.92 Å². The number of esters is 1. The maximum Gasteiger partial charge on any atom is 0.332 e. The normalized spacial score (nSPS) is 18.7. The summed E-state index contributed by atoms with van der Waals surface area (Å²) in [7, 11) is 0. The first kappa shape index (κ1) is 13.0. The summed E-state index contributed by atoms with van der Waals surface area (Å²) in [4.78, 5) is 22.7. The molecule has 1 rings (SSSR count). The summed E-state index contributed by atoms with van der Waals surface area (Å²) < 4.78 is 4.67. The van der Waals surface area contributed by atoms with E-state index >= 15 is 0 Å². The molecule has 0 bridgehead atoms. The van der Waals surface area contributed by atoms with Crippen molar-refractivity contribution in [2.24, 2.45) is 11.1 Å². The van der Waals surface area contributed by atoms with E-state index < -0.39 is 17.9 Å². The van der Waals surface area contributed by atoms with Crippen LogP contribution in [0.2, 0.25) is 0 Å². The van der Waals surface area contributed by atoms with Crippen LogP contribution in [0.4, 0.5) is 0 Å². The van der Waals surface area contributed by atoms with Crippen molar-refractivity contribution in [3.63, 3.8) is 0 Å². The van der Waals surface area contributed by atoms with Crippen molar-refractivity contribution >= 4 is 11.9 Å². The lowest BCUT2D eigenvalue weighted by Crippen LogP contribution is -2.48. The van der Waals surface area contributed by atoms with Gasteiger partial charge in [0.2, 0.25) is 5.91 Å². The monoisotopic (exact) mass is 228 g/mol. The lowest BCUT2D eigenvalue weighted by atomic mass is 10.0. The molecule has 92 valence electrons. The highest BCUT2D eigenvalue weighted by Crippen LogP contribution is 2.47. The number of rotatable bonds is 6. The van der Waals surface area contributed by atoms with Gasteiger partial charge in [0.25, 0.3) is 0 Å². The Morgan fingerprint density at radius 2 is 2.06 bits per heavy atom. The van der Waals surface area contributed by atoms with Gasteiger partial charge in [-0.15, -0.1) is 0 Å². The summed E-state index contributed by atoms with van der Waals surface area (Å²) in [5.41, 5.74) is 5.71. The van der Waals surface area contributed by atoms with Crippen molar-refractivity contribution in [1.29, 1.82) is 0 Å². The van der Waals surface area contributed by atoms with Gasteiger partial charge in [0.1, 0.15) is 0 Å². The van der Waals surface area contributed by atoms with E-state index in [0.29, 0.717) is 6.54 Å². The van der Waals surface area contributed by atoms with Crippen LogP contribution in [0, 0.1) is 5.41 Å². The largest absolute Gasteiger partial charge is 0.464 e. The molecule has 1 unspecified atom stereocenters. The molecule has 0 radical (unpaired) electrons. The third kappa shape index (κ3) is 3.20. The zero-order valence-corrected chi connectivity index (χ0v) is 9.91. The molecular formula is C11H20N2O3. The predicted molar refractivity (Wildman–Crippen MR) is 59.6 cm³/mol. The van der Waals surface area contributed by atoms with Gasteiger partial charge >= 0.3 is 5.97 Å². The third-order valence-electron chi connectivity index (χ3n) is 3.17. The number of carbonyl (C=O) groups excluding carboxylic acids is 2. The fourth-order valence-corrected chi connectivity index (χ4v) is 1.56. The molecule has 0 aliphatic heterocycles. The van der Waals surface area contributed by atoms with Crippen LogP contribution in [0.5, 0.6) is 0 Å². The Morgan fingerprint density at radius 1 is 1.44 bits per heavy atom. The van der Waals surface area contributed by atoms with Gasteiger partial charge < -0.3 is 15.8 Å². The zero-order valence-electron chi connectivity index (χ0n) is 9.91. The van der Waals surface area contributed by atoms with Crippen molar-refractivity contribution in [3.8, 4) is 0 Å². The minimum atomic E-state index is -1.20. The van der Waals surface area contributed by atoms with Crippen LogP contribution >= 0.6 is 0 Å². The fourth-order valence-electron chi connectivity index (χ4n) is 1.56. The molecular weight excluding hydrogens is 208 g/mol. The molecule has 0 heterocycles. The molecule has 1 aliphatic rings. The summed E-state index contributed by atoms with van der Waals surface area (Å²) in [6.07, 6.45) is 3.32. The number of amides is 1. The highest BCUT2D eigenvalue weighted by molar-refractivity contribution is 6.01. The highest BCUT2D eigenvalue weighted by atomic mass is 16.5. The minimum absolute atomic E-state index is 0.235. The molecule has 5 nitrogen and oxygen atoms in total. The van der Waals surface area contributed by atoms with Gasteiger partial charge in [-0.2, -0.15) is 0 Å². The number of nitrogens with one attached hydrogen (secondary N) is 1. The van der Waals surface area contributed by atoms with Gasteiger partial charge in [-0.3, -0.25) is 4.79 Å². The van der Waals surface area contributed by atoms with Crippen molar-refractivity contribution in [2.75, 3.05) is 13.2 Å². The highest BCUT2D eigenvalue weighted by Gasteiger charge is 2.41. The van der Waals surface area contributed by atoms with Gasteiger partial charge in [-0.25, -0.2) is 4.79 Å². The maximum atomic E-state index is 11.5. The van der Waals surface area contributed by atoms with E-state index in [0.717, 1.165) is 19.3 Å². The van der Waals surface area contributed by atoms with Gasteiger partial charge in [-0.05, 0) is 31.6 Å². The molecule has 1 saturated carbocycles. The van der Waals surface area contributed by atoms with E-state index in [4.69, 9.17) is 5.73 Å². The number of carbonyl (C=O) groups is 2. The molecule has 1 fully saturated rings. The molecule has 0 spiro atoms. The average Bonchev–Trinajstić information content (AvgIpc) is 3.06. The van der Waals surface area contributed by atoms with E-state index in [2.05, 4.69) is 17.0 Å². The summed E-state index contributed by atoms with van der Waals surface area (Å²) in [6.45, 7) is 4.62. The SMILES string of the molecule is CCOC(=O)C(N)C(=O)NCC1(CC)CC1. The Bertz CT molecular complexity index is 274. The first-order chi connectivity index (χ1) is 7.54. The topological polar surface area (TPSA) is 81.4 Å². The Kier molecular flexibility index (Phi) is 4.29. The quantitative estimate of drug-likeness (QED) is 0.502. The van der Waals surface area contributed by atoms with Gasteiger partial charge in [0.15, 0.2) is 6.04 Å². The Labute approximate surface area is 95.7 Å². The fraction of sp³-hybridized carbons (Fsp3) is 0.818. The van der Waals surface area contributed by atoms with Gasteiger partial charge in [-0.1, -0.05) is 6.92 Å². The van der Waals surface area contributed by atoms with Crippen LogP contribution in [0.1, 0.15) is 33.1 Å². The number of hydrogen-bond acceptors (Lipinski definition) is 4. The first-order valence-corrected chi connectivity index (χ1v) is 5.74. The summed E-state index contributed by atoms with van der Waals surface area (Å²) in [5.74, 6) is -1.11. The molecule has 0 aromatic rings. The molecule has 3 N–H and O–H groups in total. The van der Waals surface area contributed by atoms with Crippen molar-refractivity contribution in [3.05, 3.63) is 0 Å². The second-order valence-corrected chi connectivity index (χ2v) is 4.30. The molecule has 0 aromatic heterocycles. The lowest BCUT2D eigenvalue weighted by molar-refractivity contribution is -0.148. The number of ether oxygens (including phenoxy) is 1. The summed E-state index contributed by atoms with van der Waals surface area (Å²) in [5, 5.41) is 2.71. The van der Waals surface area contributed by atoms with Crippen LogP contribution in [0.3, 0.4) is 0 Å². The minimum Gasteiger partial charge on any atom is -0.464 e. The summed E-state index contributed by atoms with van der Waals surface area (Å²) in [6, 6.07) is -1.20. The average molecular weight is 228 g/mol. The van der Waals surface area contributed by atoms with Crippen molar-refractivity contribution in [2.45, 2.75) is 39.2 Å². The van der Waals surface area contributed by atoms with E-state index in [9.17, 15) is 9.59 Å². The number of hydrogen-bond donors (Lipinski definition) is 2. The van der Waals surface area contributed by atoms with Gasteiger partial charge in [0, 0.05) is 6.54 Å². The molecule has 0 aromatic carbocycles. The van der Waals surface area contributed by atoms with E-state index in [1.165, 1.54) is 0 Å². The van der Waals surface area contributed by atoms with Crippen LogP contribution in [0.15, 0.2) is 0 Å². The second kappa shape index (κ2) is 5.30. The lowest BCUT2D eigenvalue weighted by Gasteiger charge is -2.15. The Hall–Kier alpha value is -1.10. The van der Waals surface area contributed by atoms with Gasteiger partial charge in [0.05, 0.1) is 6.61 Å². The number of nitrogens with two attached hydrogens (primary N) is 1. The third-order valence-corrected chi connectivity index (χ3v) is 3.17. The predicted octanol–water partition coefficient (Wildman–Crippen LogP) is 0.183. The first-order valence-electron chi connectivity index (χ1n) is 5.74. The van der Waals surface area contributed by atoms with Crippen LogP contribution in [-0.4, -0.2) is 31.1 Å². The Morgan fingerprint density at radius 3 is 2.50 bits per heavy atom. The molecule has 5 heteroatoms. The molecule has 0 saturated heterocycles. The van der Waals surface area contributed by atoms with E-state index in [1.807, 2.05) is 0 Å². The Balaban J connectivity index is 2.31. The van der Waals surface area contributed by atoms with Crippen LogP contribution in [0.25, 0.3) is 0 Å². The molecule has 1 amide bonds. The summed E-state index contributed by atoms with van der Waals surface area (Å²) >= 11 is 0. The van der Waals surface area contributed by atoms with E-state index in [-0.39, 0.29) is 12.0 Å². The van der Waals surface area contributed by atoms with Crippen LogP contribution in [-0.2, 0) is 14.3 Å². The maximum absolute atomic E-state index is 11.5. The molecule has 1 aliphatic carbocycles. The standard InChI is InChI=1S/C11H20N2O3/c1-3-11(5-6-11)7-13-9(14)8(12)10(15)16-4-2/h8H,3-7,12H2,1-2H3,(H,13,14). The smallest absolute Gasteiger partial charge is 0.332 e. The zero-order chi connectivity index (χ0) is 12.2.